The van der Waals surface area contributed by atoms with E-state index in [1.165, 1.54) is 16.5 Å². The molecule has 2 heterocycles. The Morgan fingerprint density at radius 3 is 2.36 bits per heavy atom. The van der Waals surface area contributed by atoms with Gasteiger partial charge in [-0.25, -0.2) is 0 Å². The molecule has 2 aromatic carbocycles. The van der Waals surface area contributed by atoms with Crippen molar-refractivity contribution in [2.24, 2.45) is 0 Å². The molecule has 3 aromatic rings. The molecular formula is C20H22BrN3O. The van der Waals surface area contributed by atoms with Gasteiger partial charge in [0.1, 0.15) is 5.75 Å². The van der Waals surface area contributed by atoms with E-state index in [-0.39, 0.29) is 0 Å². The Bertz CT molecular complexity index is 868. The molecule has 0 spiro atoms. The average Bonchev–Trinajstić information content (AvgIpc) is 3.03. The number of nitrogens with zero attached hydrogens (tertiary/aromatic N) is 2. The van der Waals surface area contributed by atoms with Crippen LogP contribution in [-0.2, 0) is 13.1 Å². The van der Waals surface area contributed by atoms with Gasteiger partial charge in [-0.05, 0) is 29.8 Å². The third kappa shape index (κ3) is 3.73. The van der Waals surface area contributed by atoms with E-state index in [0.717, 1.165) is 49.3 Å². The molecule has 0 atom stereocenters. The second-order valence-electron chi connectivity index (χ2n) is 6.68. The Labute approximate surface area is 156 Å². The predicted octanol–water partition coefficient (Wildman–Crippen LogP) is 3.95. The summed E-state index contributed by atoms with van der Waals surface area (Å²) in [5.74, 6) is 0.379. The molecular weight excluding hydrogens is 378 g/mol. The van der Waals surface area contributed by atoms with Crippen molar-refractivity contribution in [2.45, 2.75) is 13.1 Å². The second-order valence-corrected chi connectivity index (χ2v) is 7.60. The molecule has 4 nitrogen and oxygen atoms in total. The van der Waals surface area contributed by atoms with Gasteiger partial charge in [0.15, 0.2) is 0 Å². The van der Waals surface area contributed by atoms with Crippen molar-refractivity contribution in [1.29, 1.82) is 0 Å². The molecule has 2 N–H and O–H groups in total. The topological polar surface area (TPSA) is 42.5 Å². The predicted molar refractivity (Wildman–Crippen MR) is 105 cm³/mol. The normalized spacial score (nSPS) is 16.5. The Morgan fingerprint density at radius 2 is 1.60 bits per heavy atom. The Hall–Kier alpha value is -1.82. The average molecular weight is 400 g/mol. The van der Waals surface area contributed by atoms with Crippen molar-refractivity contribution < 1.29 is 5.11 Å². The van der Waals surface area contributed by atoms with Crippen molar-refractivity contribution in [3.05, 3.63) is 64.3 Å². The number of fused-ring (bicyclic) bond motifs is 1. The molecule has 1 fully saturated rings. The van der Waals surface area contributed by atoms with Gasteiger partial charge in [-0.15, -0.1) is 0 Å². The van der Waals surface area contributed by atoms with Crippen LogP contribution >= 0.6 is 15.9 Å². The summed E-state index contributed by atoms with van der Waals surface area (Å²) in [5.41, 5.74) is 3.56. The summed E-state index contributed by atoms with van der Waals surface area (Å²) in [6.45, 7) is 5.93. The van der Waals surface area contributed by atoms with Crippen LogP contribution in [0.1, 0.15) is 11.1 Å². The highest BCUT2D eigenvalue weighted by molar-refractivity contribution is 9.10. The minimum Gasteiger partial charge on any atom is -0.508 e. The van der Waals surface area contributed by atoms with E-state index in [9.17, 15) is 5.11 Å². The Kier molecular flexibility index (Phi) is 4.79. The maximum absolute atomic E-state index is 10.0. The van der Waals surface area contributed by atoms with Crippen LogP contribution in [0.15, 0.2) is 53.1 Å². The quantitative estimate of drug-likeness (QED) is 0.697. The summed E-state index contributed by atoms with van der Waals surface area (Å²) in [6, 6.07) is 14.1. The van der Waals surface area contributed by atoms with E-state index in [0.29, 0.717) is 5.75 Å². The molecule has 1 aliphatic rings. The van der Waals surface area contributed by atoms with Gasteiger partial charge in [0.2, 0.25) is 0 Å². The fourth-order valence-electron chi connectivity index (χ4n) is 3.53. The molecule has 1 aliphatic heterocycles. The first kappa shape index (κ1) is 16.6. The first-order chi connectivity index (χ1) is 12.2. The van der Waals surface area contributed by atoms with Crippen LogP contribution in [-0.4, -0.2) is 46.1 Å². The summed E-state index contributed by atoms with van der Waals surface area (Å²) in [6.07, 6.45) is 2.14. The number of para-hydroxylation sites is 1. The van der Waals surface area contributed by atoms with Crippen LogP contribution in [0.3, 0.4) is 0 Å². The summed E-state index contributed by atoms with van der Waals surface area (Å²) in [5, 5.41) is 11.4. The van der Waals surface area contributed by atoms with Gasteiger partial charge in [-0.1, -0.05) is 34.1 Å². The highest BCUT2D eigenvalue weighted by atomic mass is 79.9. The van der Waals surface area contributed by atoms with Crippen molar-refractivity contribution >= 4 is 26.8 Å². The summed E-state index contributed by atoms with van der Waals surface area (Å²) >= 11 is 3.48. The largest absolute Gasteiger partial charge is 0.508 e. The molecule has 25 heavy (non-hydrogen) atoms. The molecule has 1 aromatic heterocycles. The molecule has 0 amide bonds. The van der Waals surface area contributed by atoms with Crippen molar-refractivity contribution in [3.8, 4) is 5.75 Å². The molecule has 0 saturated carbocycles. The standard InChI is InChI=1S/C20H22BrN3O/c21-17-5-6-20(25)15(11-17)13-23-7-9-24(10-8-23)14-16-12-22-19-4-2-1-3-18(16)19/h1-6,11-12,22,25H,7-10,13-14H2. The summed E-state index contributed by atoms with van der Waals surface area (Å²) < 4.78 is 1.01. The van der Waals surface area contributed by atoms with E-state index in [4.69, 9.17) is 0 Å². The van der Waals surface area contributed by atoms with E-state index >= 15 is 0 Å². The number of piperazine rings is 1. The maximum atomic E-state index is 10.0. The first-order valence-corrected chi connectivity index (χ1v) is 9.45. The molecule has 5 heteroatoms. The summed E-state index contributed by atoms with van der Waals surface area (Å²) in [4.78, 5) is 8.28. The minimum atomic E-state index is 0.379. The smallest absolute Gasteiger partial charge is 0.120 e. The van der Waals surface area contributed by atoms with Crippen LogP contribution < -0.4 is 0 Å². The number of hydrogen-bond donors (Lipinski definition) is 2. The molecule has 130 valence electrons. The zero-order valence-electron chi connectivity index (χ0n) is 14.1. The van der Waals surface area contributed by atoms with Crippen LogP contribution in [0.4, 0.5) is 0 Å². The fraction of sp³-hybridized carbons (Fsp3) is 0.300. The first-order valence-electron chi connectivity index (χ1n) is 8.66. The number of benzene rings is 2. The number of rotatable bonds is 4. The Morgan fingerprint density at radius 1 is 0.920 bits per heavy atom. The zero-order valence-corrected chi connectivity index (χ0v) is 15.7. The number of phenols is 1. The number of nitrogens with one attached hydrogen (secondary N) is 1. The fourth-order valence-corrected chi connectivity index (χ4v) is 3.94. The van der Waals surface area contributed by atoms with E-state index < -0.39 is 0 Å². The lowest BCUT2D eigenvalue weighted by Crippen LogP contribution is -2.45. The third-order valence-electron chi connectivity index (χ3n) is 4.97. The number of H-pyrrole nitrogens is 1. The molecule has 0 radical (unpaired) electrons. The van der Waals surface area contributed by atoms with Gasteiger partial charge in [-0.2, -0.15) is 0 Å². The van der Waals surface area contributed by atoms with Crippen molar-refractivity contribution in [1.82, 2.24) is 14.8 Å². The van der Waals surface area contributed by atoms with Crippen LogP contribution in [0.2, 0.25) is 0 Å². The van der Waals surface area contributed by atoms with Gasteiger partial charge in [0.25, 0.3) is 0 Å². The van der Waals surface area contributed by atoms with Crippen molar-refractivity contribution in [2.75, 3.05) is 26.2 Å². The minimum absolute atomic E-state index is 0.379. The SMILES string of the molecule is Oc1ccc(Br)cc1CN1CCN(Cc2c[nH]c3ccccc23)CC1. The molecule has 4 rings (SSSR count). The molecule has 0 aliphatic carbocycles. The van der Waals surface area contributed by atoms with Crippen LogP contribution in [0, 0.1) is 0 Å². The van der Waals surface area contributed by atoms with Gasteiger partial charge in [-0.3, -0.25) is 9.80 Å². The van der Waals surface area contributed by atoms with Gasteiger partial charge in [0, 0.05) is 66.4 Å². The zero-order chi connectivity index (χ0) is 17.2. The van der Waals surface area contributed by atoms with E-state index in [2.05, 4.69) is 61.2 Å². The highest BCUT2D eigenvalue weighted by Crippen LogP contribution is 2.24. The number of halogens is 1. The lowest BCUT2D eigenvalue weighted by molar-refractivity contribution is 0.121. The molecule has 0 unspecified atom stereocenters. The number of aromatic hydroxyl groups is 1. The van der Waals surface area contributed by atoms with Crippen LogP contribution in [0.25, 0.3) is 10.9 Å². The summed E-state index contributed by atoms with van der Waals surface area (Å²) in [7, 11) is 0. The number of hydrogen-bond acceptors (Lipinski definition) is 3. The lowest BCUT2D eigenvalue weighted by Gasteiger charge is -2.34. The van der Waals surface area contributed by atoms with Crippen LogP contribution in [0.5, 0.6) is 5.75 Å². The monoisotopic (exact) mass is 399 g/mol. The van der Waals surface area contributed by atoms with E-state index in [1.54, 1.807) is 6.07 Å². The van der Waals surface area contributed by atoms with Gasteiger partial charge in [0.05, 0.1) is 0 Å². The molecule has 0 bridgehead atoms. The number of aromatic amines is 1. The molecule has 1 saturated heterocycles. The van der Waals surface area contributed by atoms with E-state index in [1.807, 2.05) is 12.1 Å². The van der Waals surface area contributed by atoms with Crippen molar-refractivity contribution in [3.63, 3.8) is 0 Å². The number of aromatic nitrogens is 1. The van der Waals surface area contributed by atoms with Gasteiger partial charge >= 0.3 is 0 Å². The van der Waals surface area contributed by atoms with Gasteiger partial charge < -0.3 is 10.1 Å². The Balaban J connectivity index is 1.36. The highest BCUT2D eigenvalue weighted by Gasteiger charge is 2.19. The lowest BCUT2D eigenvalue weighted by atomic mass is 10.1. The maximum Gasteiger partial charge on any atom is 0.120 e. The third-order valence-corrected chi connectivity index (χ3v) is 5.46. The number of phenolic OH excluding ortho intramolecular Hbond substituents is 1. The second kappa shape index (κ2) is 7.20.